The average Bonchev–Trinajstić information content (AvgIpc) is 2.72. The van der Waals surface area contributed by atoms with Crippen molar-refractivity contribution in [2.24, 2.45) is 0 Å². The number of nitrogens with one attached hydrogen (secondary N) is 1. The minimum atomic E-state index is 0.468. The van der Waals surface area contributed by atoms with Gasteiger partial charge in [-0.25, -0.2) is 0 Å². The van der Waals surface area contributed by atoms with Gasteiger partial charge in [-0.15, -0.1) is 11.3 Å². The van der Waals surface area contributed by atoms with Gasteiger partial charge in [-0.05, 0) is 49.6 Å². The third-order valence-electron chi connectivity index (χ3n) is 3.48. The highest BCUT2D eigenvalue weighted by Crippen LogP contribution is 2.22. The smallest absolute Gasteiger partial charge is 0.0586 e. The van der Waals surface area contributed by atoms with Crippen LogP contribution in [0.4, 0.5) is 0 Å². The van der Waals surface area contributed by atoms with Gasteiger partial charge >= 0.3 is 0 Å². The molecule has 0 aliphatic heterocycles. The van der Waals surface area contributed by atoms with Crippen LogP contribution in [0.3, 0.4) is 0 Å². The Morgan fingerprint density at radius 1 is 1.50 bits per heavy atom. The summed E-state index contributed by atoms with van der Waals surface area (Å²) < 4.78 is 5.44. The Bertz CT molecular complexity index is 323. The van der Waals surface area contributed by atoms with Crippen LogP contribution in [0.15, 0.2) is 11.4 Å². The van der Waals surface area contributed by atoms with Gasteiger partial charge in [-0.1, -0.05) is 0 Å². The fourth-order valence-electron chi connectivity index (χ4n) is 2.37. The molecule has 2 rings (SSSR count). The largest absolute Gasteiger partial charge is 0.381 e. The predicted octanol–water partition coefficient (Wildman–Crippen LogP) is 3.10. The van der Waals surface area contributed by atoms with E-state index in [-0.39, 0.29) is 0 Å². The van der Waals surface area contributed by atoms with E-state index in [1.807, 2.05) is 18.4 Å². The fourth-order valence-corrected chi connectivity index (χ4v) is 3.22. The van der Waals surface area contributed by atoms with Crippen LogP contribution < -0.4 is 5.32 Å². The second-order valence-corrected chi connectivity index (χ2v) is 5.63. The van der Waals surface area contributed by atoms with Gasteiger partial charge in [0.15, 0.2) is 0 Å². The van der Waals surface area contributed by atoms with E-state index in [4.69, 9.17) is 4.74 Å². The SMILES string of the molecule is COC1CCCC(NCc2sccc2C)C1. The van der Waals surface area contributed by atoms with Crippen LogP contribution in [0.1, 0.15) is 36.1 Å². The molecule has 0 saturated heterocycles. The number of aryl methyl sites for hydroxylation is 1. The predicted molar refractivity (Wildman–Crippen MR) is 68.9 cm³/mol. The zero-order chi connectivity index (χ0) is 11.4. The third-order valence-corrected chi connectivity index (χ3v) is 4.50. The molecule has 1 N–H and O–H groups in total. The quantitative estimate of drug-likeness (QED) is 0.871. The zero-order valence-electron chi connectivity index (χ0n) is 10.2. The summed E-state index contributed by atoms with van der Waals surface area (Å²) in [5, 5.41) is 5.83. The molecule has 1 saturated carbocycles. The molecule has 90 valence electrons. The van der Waals surface area contributed by atoms with Crippen LogP contribution in [0.5, 0.6) is 0 Å². The van der Waals surface area contributed by atoms with Gasteiger partial charge in [0.05, 0.1) is 6.10 Å². The standard InChI is InChI=1S/C13H21NOS/c1-10-6-7-16-13(10)9-14-11-4-3-5-12(8-11)15-2/h6-7,11-12,14H,3-5,8-9H2,1-2H3. The third kappa shape index (κ3) is 3.06. The number of ether oxygens (including phenoxy) is 1. The molecule has 1 heterocycles. The summed E-state index contributed by atoms with van der Waals surface area (Å²) >= 11 is 1.85. The highest BCUT2D eigenvalue weighted by Gasteiger charge is 2.21. The lowest BCUT2D eigenvalue weighted by Gasteiger charge is -2.28. The molecule has 2 atom stereocenters. The number of hydrogen-bond acceptors (Lipinski definition) is 3. The first-order valence-electron chi connectivity index (χ1n) is 6.08. The Morgan fingerprint density at radius 3 is 3.06 bits per heavy atom. The zero-order valence-corrected chi connectivity index (χ0v) is 11.0. The first kappa shape index (κ1) is 12.1. The lowest BCUT2D eigenvalue weighted by atomic mass is 9.93. The van der Waals surface area contributed by atoms with Crippen LogP contribution in [-0.2, 0) is 11.3 Å². The van der Waals surface area contributed by atoms with Gasteiger partial charge in [0.2, 0.25) is 0 Å². The molecule has 1 aliphatic carbocycles. The molecule has 3 heteroatoms. The Balaban J connectivity index is 1.79. The molecule has 0 bridgehead atoms. The molecular formula is C13H21NOS. The maximum absolute atomic E-state index is 5.44. The highest BCUT2D eigenvalue weighted by molar-refractivity contribution is 7.10. The van der Waals surface area contributed by atoms with Crippen molar-refractivity contribution in [3.8, 4) is 0 Å². The van der Waals surface area contributed by atoms with E-state index in [1.54, 1.807) is 0 Å². The Kier molecular flexibility index (Phi) is 4.38. The molecule has 0 spiro atoms. The molecule has 16 heavy (non-hydrogen) atoms. The number of rotatable bonds is 4. The van der Waals surface area contributed by atoms with Crippen LogP contribution >= 0.6 is 11.3 Å². The fraction of sp³-hybridized carbons (Fsp3) is 0.692. The van der Waals surface area contributed by atoms with E-state index in [2.05, 4.69) is 23.7 Å². The van der Waals surface area contributed by atoms with Gasteiger partial charge in [-0.2, -0.15) is 0 Å². The minimum Gasteiger partial charge on any atom is -0.381 e. The molecule has 1 aliphatic rings. The maximum Gasteiger partial charge on any atom is 0.0586 e. The molecule has 1 fully saturated rings. The molecule has 1 aromatic heterocycles. The number of methoxy groups -OCH3 is 1. The van der Waals surface area contributed by atoms with Crippen molar-refractivity contribution in [1.29, 1.82) is 0 Å². The van der Waals surface area contributed by atoms with E-state index >= 15 is 0 Å². The molecule has 0 radical (unpaired) electrons. The van der Waals surface area contributed by atoms with E-state index in [0.717, 1.165) is 6.54 Å². The van der Waals surface area contributed by atoms with Crippen LogP contribution in [0, 0.1) is 6.92 Å². The lowest BCUT2D eigenvalue weighted by Crippen LogP contribution is -2.36. The number of thiophene rings is 1. The first-order valence-corrected chi connectivity index (χ1v) is 6.96. The van der Waals surface area contributed by atoms with Gasteiger partial charge in [0.1, 0.15) is 0 Å². The van der Waals surface area contributed by atoms with Crippen LogP contribution in [0.25, 0.3) is 0 Å². The van der Waals surface area contributed by atoms with Gasteiger partial charge in [0.25, 0.3) is 0 Å². The maximum atomic E-state index is 5.44. The molecule has 2 unspecified atom stereocenters. The summed E-state index contributed by atoms with van der Waals surface area (Å²) in [5.74, 6) is 0. The van der Waals surface area contributed by atoms with E-state index < -0.39 is 0 Å². The Hall–Kier alpha value is -0.380. The van der Waals surface area contributed by atoms with E-state index in [9.17, 15) is 0 Å². The van der Waals surface area contributed by atoms with Crippen molar-refractivity contribution in [2.45, 2.75) is 51.3 Å². The second-order valence-electron chi connectivity index (χ2n) is 4.63. The van der Waals surface area contributed by atoms with Gasteiger partial charge < -0.3 is 10.1 Å². The topological polar surface area (TPSA) is 21.3 Å². The average molecular weight is 239 g/mol. The summed E-state index contributed by atoms with van der Waals surface area (Å²) in [6, 6.07) is 2.83. The highest BCUT2D eigenvalue weighted by atomic mass is 32.1. The van der Waals surface area contributed by atoms with Crippen LogP contribution in [0.2, 0.25) is 0 Å². The summed E-state index contributed by atoms with van der Waals surface area (Å²) in [6.07, 6.45) is 5.45. The summed E-state index contributed by atoms with van der Waals surface area (Å²) in [7, 11) is 1.83. The van der Waals surface area contributed by atoms with Crippen molar-refractivity contribution in [2.75, 3.05) is 7.11 Å². The lowest BCUT2D eigenvalue weighted by molar-refractivity contribution is 0.0586. The normalized spacial score (nSPS) is 25.9. The summed E-state index contributed by atoms with van der Waals surface area (Å²) in [4.78, 5) is 1.47. The Labute approximate surface area is 102 Å². The van der Waals surface area contributed by atoms with Gasteiger partial charge in [-0.3, -0.25) is 0 Å². The molecule has 0 amide bonds. The molecule has 1 aromatic rings. The monoisotopic (exact) mass is 239 g/mol. The van der Waals surface area contributed by atoms with E-state index in [1.165, 1.54) is 36.1 Å². The van der Waals surface area contributed by atoms with Gasteiger partial charge in [0, 0.05) is 24.6 Å². The molecular weight excluding hydrogens is 218 g/mol. The molecule has 2 nitrogen and oxygen atoms in total. The second kappa shape index (κ2) is 5.80. The summed E-state index contributed by atoms with van der Waals surface area (Å²) in [6.45, 7) is 3.21. The van der Waals surface area contributed by atoms with Crippen molar-refractivity contribution in [1.82, 2.24) is 5.32 Å². The minimum absolute atomic E-state index is 0.468. The molecule has 0 aromatic carbocycles. The Morgan fingerprint density at radius 2 is 2.38 bits per heavy atom. The van der Waals surface area contributed by atoms with Crippen molar-refractivity contribution in [3.05, 3.63) is 21.9 Å². The van der Waals surface area contributed by atoms with E-state index in [0.29, 0.717) is 12.1 Å². The first-order chi connectivity index (χ1) is 7.79. The van der Waals surface area contributed by atoms with Crippen molar-refractivity contribution < 1.29 is 4.74 Å². The summed E-state index contributed by atoms with van der Waals surface area (Å²) in [5.41, 5.74) is 1.41. The van der Waals surface area contributed by atoms with Crippen molar-refractivity contribution >= 4 is 11.3 Å². The number of hydrogen-bond donors (Lipinski definition) is 1. The van der Waals surface area contributed by atoms with Crippen LogP contribution in [-0.4, -0.2) is 19.3 Å². The van der Waals surface area contributed by atoms with Crippen molar-refractivity contribution in [3.63, 3.8) is 0 Å².